The zero-order valence-electron chi connectivity index (χ0n) is 35.0. The van der Waals surface area contributed by atoms with Crippen molar-refractivity contribution in [2.45, 2.75) is 150 Å². The topological polar surface area (TPSA) is 478 Å². The smallest absolute Gasteiger partial charge is 0.332 e. The van der Waals surface area contributed by atoms with Gasteiger partial charge >= 0.3 is 11.9 Å². The summed E-state index contributed by atoms with van der Waals surface area (Å²) in [6.07, 6.45) is -29.8. The van der Waals surface area contributed by atoms with Crippen molar-refractivity contribution in [3.8, 4) is 0 Å². The van der Waals surface area contributed by atoms with E-state index in [4.69, 9.17) is 41.9 Å². The average Bonchev–Trinajstić information content (AvgIpc) is 3.20. The number of carboxylic acid groups (broad SMARTS) is 2. The Bertz CT molecular complexity index is 1720. The fraction of sp³-hybridized carbons (Fsp3) is 0.800. The molecule has 0 aromatic rings. The second-order valence-electron chi connectivity index (χ2n) is 15.4. The Morgan fingerprint density at radius 3 is 1.71 bits per heavy atom. The van der Waals surface area contributed by atoms with Gasteiger partial charge in [-0.1, -0.05) is 0 Å². The standard InChI is InChI=1S/C35H58N6O21/c1-10(33(57)58)59-26-20(37)30(61-16(8-43)23(26)52)34(29-19(36)24(53)21(50)15(7-42)60-29,35(11(2)45)27(38)25(54)22(51)17(9-44)62-35)28(41(12(3)46)13(4)47)32(56)40-14(31(39)55)5-6-18(48)49/h10,14-17,19-30,42-44,50-54H,5-9,36-38H2,1-4H3,(H2,39,55)(H,40,56)(H,48,49)(H,57,58)/t10-,14+,15-,16-,17-,19-,20-,21-,22-,23-,24-,25+,26-,27-,28-,29?,30?,34?,35?/m1/s1/i28D. The van der Waals surface area contributed by atoms with Gasteiger partial charge in [-0.2, -0.15) is 0 Å². The van der Waals surface area contributed by atoms with Crippen LogP contribution in [0.3, 0.4) is 0 Å². The van der Waals surface area contributed by atoms with Gasteiger partial charge < -0.3 is 98.3 Å². The number of nitrogens with one attached hydrogen (secondary N) is 1. The summed E-state index contributed by atoms with van der Waals surface area (Å²) < 4.78 is 34.7. The molecule has 4 amide bonds. The van der Waals surface area contributed by atoms with Crippen molar-refractivity contribution in [2.75, 3.05) is 19.8 Å². The summed E-state index contributed by atoms with van der Waals surface area (Å²) >= 11 is 0. The highest BCUT2D eigenvalue weighted by atomic mass is 16.6. The highest BCUT2D eigenvalue weighted by Gasteiger charge is 2.80. The Labute approximate surface area is 354 Å². The Morgan fingerprint density at radius 2 is 1.27 bits per heavy atom. The molecule has 354 valence electrons. The van der Waals surface area contributed by atoms with E-state index < -0.39 is 188 Å². The highest BCUT2D eigenvalue weighted by molar-refractivity contribution is 6.01. The predicted molar refractivity (Wildman–Crippen MR) is 200 cm³/mol. The molecule has 27 heteroatoms. The van der Waals surface area contributed by atoms with Gasteiger partial charge in [-0.25, -0.2) is 4.79 Å². The highest BCUT2D eigenvalue weighted by Crippen LogP contribution is 2.57. The number of carbonyl (C=O) groups excluding carboxylic acids is 5. The monoisotopic (exact) mass is 899 g/mol. The number of aliphatic carboxylic acids is 2. The quantitative estimate of drug-likeness (QED) is 0.0607. The van der Waals surface area contributed by atoms with Crippen LogP contribution < -0.4 is 28.3 Å². The van der Waals surface area contributed by atoms with Crippen LogP contribution in [-0.2, 0) is 52.5 Å². The summed E-state index contributed by atoms with van der Waals surface area (Å²) in [5, 5.41) is 110. The van der Waals surface area contributed by atoms with Crippen molar-refractivity contribution in [3.05, 3.63) is 0 Å². The van der Waals surface area contributed by atoms with Crippen molar-refractivity contribution < 1.29 is 105 Å². The second-order valence-corrected chi connectivity index (χ2v) is 15.4. The molecule has 0 aliphatic carbocycles. The van der Waals surface area contributed by atoms with E-state index in [1.54, 1.807) is 0 Å². The molecule has 4 unspecified atom stereocenters. The third-order valence-electron chi connectivity index (χ3n) is 11.5. The van der Waals surface area contributed by atoms with Gasteiger partial charge in [0.05, 0.1) is 56.9 Å². The van der Waals surface area contributed by atoms with E-state index in [9.17, 15) is 76.4 Å². The number of nitrogens with zero attached hydrogens (tertiary/aromatic N) is 1. The molecule has 19 N–H and O–H groups in total. The van der Waals surface area contributed by atoms with Gasteiger partial charge in [-0.15, -0.1) is 0 Å². The molecule has 3 aliphatic heterocycles. The zero-order valence-corrected chi connectivity index (χ0v) is 34.0. The molecule has 3 saturated heterocycles. The van der Waals surface area contributed by atoms with E-state index in [1.165, 1.54) is 0 Å². The van der Waals surface area contributed by atoms with Crippen molar-refractivity contribution in [1.29, 1.82) is 0 Å². The summed E-state index contributed by atoms with van der Waals surface area (Å²) in [4.78, 5) is 95.0. The first kappa shape index (κ1) is 50.7. The SMILES string of the molecule is [2H][C@](C(=O)N[C@@H](CCC(=O)O)C(N)=O)(N(C(C)=O)C(C)=O)C(C1O[C@H](CO)[C@@H](O)[C@H](O)[C@H]1N)(C1O[C@H](CO)[C@@H](O)[C@H](O[C@H](C)C(=O)O)[C@H]1N)C1(C(C)=O)O[C@H](CO)[C@@H](O)[C@H](O)[C@H]1N. The van der Waals surface area contributed by atoms with E-state index in [2.05, 4.69) is 0 Å². The van der Waals surface area contributed by atoms with Gasteiger partial charge in [0.2, 0.25) is 23.6 Å². The van der Waals surface area contributed by atoms with Crippen molar-refractivity contribution >= 4 is 41.4 Å². The molecule has 0 aromatic heterocycles. The first-order valence-electron chi connectivity index (χ1n) is 19.6. The van der Waals surface area contributed by atoms with Crippen molar-refractivity contribution in [1.82, 2.24) is 10.2 Å². The molecule has 0 saturated carbocycles. The van der Waals surface area contributed by atoms with Crippen LogP contribution >= 0.6 is 0 Å². The maximum atomic E-state index is 15.6. The minimum Gasteiger partial charge on any atom is -0.481 e. The van der Waals surface area contributed by atoms with Gasteiger partial charge in [0.25, 0.3) is 0 Å². The molecule has 0 bridgehead atoms. The number of hydrogen-bond donors (Lipinski definition) is 15. The van der Waals surface area contributed by atoms with E-state index >= 15 is 9.59 Å². The van der Waals surface area contributed by atoms with Crippen molar-refractivity contribution in [2.24, 2.45) is 28.3 Å². The van der Waals surface area contributed by atoms with Crippen LogP contribution in [0, 0.1) is 5.41 Å². The molecule has 3 fully saturated rings. The lowest BCUT2D eigenvalue weighted by Crippen LogP contribution is -2.90. The number of rotatable bonds is 18. The number of carbonyl (C=O) groups is 7. The molecular formula is C35H58N6O21. The molecule has 0 aromatic carbocycles. The van der Waals surface area contributed by atoms with Gasteiger partial charge in [0, 0.05) is 20.3 Å². The van der Waals surface area contributed by atoms with Crippen LogP contribution in [0.15, 0.2) is 0 Å². The number of nitrogens with two attached hydrogens (primary N) is 4. The summed E-state index contributed by atoms with van der Waals surface area (Å²) in [7, 11) is 0. The number of imide groups is 1. The lowest BCUT2D eigenvalue weighted by molar-refractivity contribution is -0.345. The third-order valence-corrected chi connectivity index (χ3v) is 11.5. The fourth-order valence-corrected chi connectivity index (χ4v) is 8.55. The largest absolute Gasteiger partial charge is 0.481 e. The zero-order chi connectivity index (χ0) is 48.4. The fourth-order valence-electron chi connectivity index (χ4n) is 8.55. The van der Waals surface area contributed by atoms with E-state index in [0.717, 1.165) is 6.92 Å². The Balaban J connectivity index is 2.92. The third kappa shape index (κ3) is 9.33. The van der Waals surface area contributed by atoms with E-state index in [-0.39, 0.29) is 4.90 Å². The first-order chi connectivity index (χ1) is 29.1. The molecular weight excluding hydrogens is 840 g/mol. The summed E-state index contributed by atoms with van der Waals surface area (Å²) in [6, 6.07) is -13.9. The average molecular weight is 900 g/mol. The molecule has 3 heterocycles. The molecule has 27 nitrogen and oxygen atoms in total. The molecule has 0 radical (unpaired) electrons. The molecule has 0 spiro atoms. The van der Waals surface area contributed by atoms with Gasteiger partial charge in [0.1, 0.15) is 67.0 Å². The normalized spacial score (nSPS) is 38.2. The molecule has 62 heavy (non-hydrogen) atoms. The number of ketones is 1. The Morgan fingerprint density at radius 1 is 0.790 bits per heavy atom. The second kappa shape index (κ2) is 20.7. The summed E-state index contributed by atoms with van der Waals surface area (Å²) in [5.74, 6) is -11.7. The molecule has 3 rings (SSSR count). The van der Waals surface area contributed by atoms with Gasteiger partial charge in [0.15, 0.2) is 17.5 Å². The predicted octanol–water partition coefficient (Wildman–Crippen LogP) is -9.55. The Kier molecular flexibility index (Phi) is 17.0. The number of hydrogen-bond acceptors (Lipinski definition) is 22. The first-order valence-corrected chi connectivity index (χ1v) is 19.1. The number of carboxylic acids is 2. The van der Waals surface area contributed by atoms with Crippen molar-refractivity contribution in [3.63, 3.8) is 0 Å². The number of aliphatic hydroxyl groups excluding tert-OH is 8. The Hall–Kier alpha value is -3.91. The maximum Gasteiger partial charge on any atom is 0.332 e. The number of Topliss-reactive ketones (excluding diaryl/α,β-unsaturated/α-hetero) is 1. The van der Waals surface area contributed by atoms with Crippen LogP contribution in [0.5, 0.6) is 0 Å². The van der Waals surface area contributed by atoms with Crippen LogP contribution in [0.1, 0.15) is 41.9 Å². The number of aliphatic hydroxyl groups is 8. The number of amides is 4. The van der Waals surface area contributed by atoms with Gasteiger partial charge in [-0.05, 0) is 20.3 Å². The van der Waals surface area contributed by atoms with Crippen LogP contribution in [0.4, 0.5) is 0 Å². The number of primary amides is 1. The van der Waals surface area contributed by atoms with E-state index in [1.807, 2.05) is 5.32 Å². The van der Waals surface area contributed by atoms with E-state index in [0.29, 0.717) is 20.8 Å². The summed E-state index contributed by atoms with van der Waals surface area (Å²) in [6.45, 7) is -1.29. The van der Waals surface area contributed by atoms with Crippen LogP contribution in [0.2, 0.25) is 0 Å². The van der Waals surface area contributed by atoms with Gasteiger partial charge in [-0.3, -0.25) is 33.7 Å². The summed E-state index contributed by atoms with van der Waals surface area (Å²) in [5.41, 5.74) is 17.9. The maximum absolute atomic E-state index is 15.6. The lowest BCUT2D eigenvalue weighted by Gasteiger charge is -2.67. The minimum absolute atomic E-state index is 0.226. The van der Waals surface area contributed by atoms with Crippen LogP contribution in [0.25, 0.3) is 0 Å². The molecule has 19 atom stereocenters. The van der Waals surface area contributed by atoms with Crippen LogP contribution in [-0.4, -0.2) is 226 Å². The minimum atomic E-state index is -4.29. The number of ether oxygens (including phenoxy) is 4. The lowest BCUT2D eigenvalue weighted by atomic mass is 9.50. The molecule has 3 aliphatic rings.